The third-order valence-corrected chi connectivity index (χ3v) is 7.58. The molecule has 36 heavy (non-hydrogen) atoms. The minimum atomic E-state index is -3.31. The second-order valence-corrected chi connectivity index (χ2v) is 10.6. The molecule has 0 amide bonds. The fourth-order valence-electron chi connectivity index (χ4n) is 4.21. The zero-order valence-electron chi connectivity index (χ0n) is 20.0. The minimum Gasteiger partial charge on any atom is -0.494 e. The van der Waals surface area contributed by atoms with Crippen LogP contribution in [0.2, 0.25) is 0 Å². The van der Waals surface area contributed by atoms with E-state index in [1.165, 1.54) is 16.0 Å². The Morgan fingerprint density at radius 1 is 1.11 bits per heavy atom. The van der Waals surface area contributed by atoms with Gasteiger partial charge in [0.25, 0.3) is 6.43 Å². The van der Waals surface area contributed by atoms with Gasteiger partial charge in [0.2, 0.25) is 27.9 Å². The Balaban J connectivity index is 1.62. The molecular formula is C21H26F2N8O4S. The van der Waals surface area contributed by atoms with E-state index in [0.29, 0.717) is 43.5 Å². The van der Waals surface area contributed by atoms with Crippen LogP contribution >= 0.6 is 0 Å². The van der Waals surface area contributed by atoms with Gasteiger partial charge in [0.1, 0.15) is 11.3 Å². The van der Waals surface area contributed by atoms with Gasteiger partial charge in [-0.25, -0.2) is 22.2 Å². The largest absolute Gasteiger partial charge is 0.494 e. The number of sulfonamides is 1. The van der Waals surface area contributed by atoms with E-state index in [1.54, 1.807) is 30.1 Å². The maximum Gasteiger partial charge on any atom is 0.296 e. The fraction of sp³-hybridized carbons (Fsp3) is 0.524. The van der Waals surface area contributed by atoms with Crippen molar-refractivity contribution >= 4 is 33.0 Å². The van der Waals surface area contributed by atoms with E-state index >= 15 is 0 Å². The number of nitrogens with zero attached hydrogens (tertiary/aromatic N) is 8. The summed E-state index contributed by atoms with van der Waals surface area (Å²) in [6.07, 6.45) is -1.74. The highest BCUT2D eigenvalue weighted by Crippen LogP contribution is 2.32. The average Bonchev–Trinajstić information content (AvgIpc) is 3.22. The SMILES string of the molecule is COc1cccc2c1nc(C(F)F)n2-c1nc(N2CCOCC2)nc(N(C)C2CN(S(C)(=O)=O)C2)n1. The molecule has 1 aromatic carbocycles. The topological polar surface area (TPSA) is 119 Å². The molecular weight excluding hydrogens is 498 g/mol. The molecule has 2 aromatic heterocycles. The lowest BCUT2D eigenvalue weighted by atomic mass is 10.1. The van der Waals surface area contributed by atoms with Crippen molar-refractivity contribution in [3.8, 4) is 11.7 Å². The van der Waals surface area contributed by atoms with Gasteiger partial charge in [0.05, 0.1) is 38.1 Å². The van der Waals surface area contributed by atoms with Crippen LogP contribution in [-0.2, 0) is 14.8 Å². The molecule has 0 saturated carbocycles. The predicted octanol–water partition coefficient (Wildman–Crippen LogP) is 1.07. The highest BCUT2D eigenvalue weighted by molar-refractivity contribution is 7.88. The Labute approximate surface area is 206 Å². The van der Waals surface area contributed by atoms with E-state index in [9.17, 15) is 17.2 Å². The highest BCUT2D eigenvalue weighted by Gasteiger charge is 2.37. The lowest BCUT2D eigenvalue weighted by molar-refractivity contribution is 0.122. The maximum atomic E-state index is 14.2. The molecule has 0 atom stereocenters. The molecule has 5 rings (SSSR count). The third-order valence-electron chi connectivity index (χ3n) is 6.34. The molecule has 0 aliphatic carbocycles. The normalized spacial score (nSPS) is 17.6. The molecule has 15 heteroatoms. The van der Waals surface area contributed by atoms with Crippen LogP contribution in [-0.4, -0.2) is 103 Å². The minimum absolute atomic E-state index is 0.0151. The van der Waals surface area contributed by atoms with Crippen molar-refractivity contribution in [1.82, 2.24) is 28.8 Å². The summed E-state index contributed by atoms with van der Waals surface area (Å²) in [5.74, 6) is 0.370. The lowest BCUT2D eigenvalue weighted by Crippen LogP contribution is -2.60. The highest BCUT2D eigenvalue weighted by atomic mass is 32.2. The lowest BCUT2D eigenvalue weighted by Gasteiger charge is -2.42. The molecule has 2 saturated heterocycles. The number of anilines is 2. The summed E-state index contributed by atoms with van der Waals surface area (Å²) in [6, 6.07) is 4.79. The summed E-state index contributed by atoms with van der Waals surface area (Å²) < 4.78 is 65.3. The molecule has 2 fully saturated rings. The molecule has 12 nitrogen and oxygen atoms in total. The summed E-state index contributed by atoms with van der Waals surface area (Å²) in [6.45, 7) is 2.56. The predicted molar refractivity (Wildman–Crippen MR) is 128 cm³/mol. The van der Waals surface area contributed by atoms with Gasteiger partial charge in [-0.3, -0.25) is 4.57 Å². The van der Waals surface area contributed by atoms with E-state index in [0.717, 1.165) is 6.26 Å². The number of para-hydroxylation sites is 1. The van der Waals surface area contributed by atoms with Gasteiger partial charge in [0.15, 0.2) is 5.82 Å². The zero-order chi connectivity index (χ0) is 25.6. The smallest absolute Gasteiger partial charge is 0.296 e. The van der Waals surface area contributed by atoms with Crippen molar-refractivity contribution in [1.29, 1.82) is 0 Å². The maximum absolute atomic E-state index is 14.2. The molecule has 4 heterocycles. The molecule has 0 N–H and O–H groups in total. The average molecular weight is 525 g/mol. The van der Waals surface area contributed by atoms with Gasteiger partial charge < -0.3 is 19.3 Å². The number of likely N-dealkylation sites (N-methyl/N-ethyl adjacent to an activating group) is 1. The van der Waals surface area contributed by atoms with Crippen molar-refractivity contribution in [2.45, 2.75) is 12.5 Å². The van der Waals surface area contributed by atoms with Crippen molar-refractivity contribution < 1.29 is 26.7 Å². The standard InChI is InChI=1S/C21H26F2N8O4S/c1-28(13-11-30(12-13)36(3,32)33)19-25-20(29-7-9-35-10-8-29)27-21(26-19)31-14-5-4-6-15(34-2)16(14)24-18(31)17(22)23/h4-6,13,17H,7-12H2,1-3H3. The van der Waals surface area contributed by atoms with Crippen LogP contribution < -0.4 is 14.5 Å². The van der Waals surface area contributed by atoms with Gasteiger partial charge in [0, 0.05) is 33.2 Å². The Morgan fingerprint density at radius 2 is 1.81 bits per heavy atom. The number of imidazole rings is 1. The van der Waals surface area contributed by atoms with Gasteiger partial charge in [-0.2, -0.15) is 19.3 Å². The number of hydrogen-bond acceptors (Lipinski definition) is 10. The number of rotatable bonds is 7. The van der Waals surface area contributed by atoms with Crippen LogP contribution in [0.15, 0.2) is 18.2 Å². The fourth-order valence-corrected chi connectivity index (χ4v) is 5.10. The molecule has 0 spiro atoms. The Hall–Kier alpha value is -3.17. The summed E-state index contributed by atoms with van der Waals surface area (Å²) in [4.78, 5) is 21.5. The van der Waals surface area contributed by atoms with Crippen molar-refractivity contribution in [3.63, 3.8) is 0 Å². The Bertz CT molecular complexity index is 1370. The monoisotopic (exact) mass is 524 g/mol. The van der Waals surface area contributed by atoms with E-state index in [-0.39, 0.29) is 36.5 Å². The molecule has 2 aliphatic heterocycles. The first-order chi connectivity index (χ1) is 17.2. The van der Waals surface area contributed by atoms with Gasteiger partial charge in [-0.15, -0.1) is 0 Å². The number of morpholine rings is 1. The van der Waals surface area contributed by atoms with Crippen molar-refractivity contribution in [3.05, 3.63) is 24.0 Å². The van der Waals surface area contributed by atoms with Crippen LogP contribution in [0.4, 0.5) is 20.7 Å². The van der Waals surface area contributed by atoms with Gasteiger partial charge in [-0.1, -0.05) is 6.07 Å². The Morgan fingerprint density at radius 3 is 2.44 bits per heavy atom. The van der Waals surface area contributed by atoms with Crippen molar-refractivity contribution in [2.75, 3.05) is 69.6 Å². The summed E-state index contributed by atoms with van der Waals surface area (Å²) >= 11 is 0. The molecule has 2 aliphatic rings. The summed E-state index contributed by atoms with van der Waals surface area (Å²) in [7, 11) is -0.115. The number of halogens is 2. The zero-order valence-corrected chi connectivity index (χ0v) is 20.8. The number of fused-ring (bicyclic) bond motifs is 1. The molecule has 0 radical (unpaired) electrons. The number of benzene rings is 1. The molecule has 0 unspecified atom stereocenters. The second kappa shape index (κ2) is 9.37. The van der Waals surface area contributed by atoms with Crippen LogP contribution in [0.1, 0.15) is 12.2 Å². The number of hydrogen-bond donors (Lipinski definition) is 0. The van der Waals surface area contributed by atoms with E-state index in [2.05, 4.69) is 19.9 Å². The van der Waals surface area contributed by atoms with E-state index in [1.807, 2.05) is 4.90 Å². The van der Waals surface area contributed by atoms with Crippen LogP contribution in [0.25, 0.3) is 17.0 Å². The van der Waals surface area contributed by atoms with Crippen LogP contribution in [0.3, 0.4) is 0 Å². The number of methoxy groups -OCH3 is 1. The quantitative estimate of drug-likeness (QED) is 0.444. The van der Waals surface area contributed by atoms with Crippen LogP contribution in [0, 0.1) is 0 Å². The third kappa shape index (κ3) is 4.41. The molecule has 3 aromatic rings. The summed E-state index contributed by atoms with van der Waals surface area (Å²) in [5, 5.41) is 0. The molecule has 0 bridgehead atoms. The number of aromatic nitrogens is 5. The first-order valence-electron chi connectivity index (χ1n) is 11.3. The molecule has 194 valence electrons. The van der Waals surface area contributed by atoms with Crippen molar-refractivity contribution in [2.24, 2.45) is 0 Å². The summed E-state index contributed by atoms with van der Waals surface area (Å²) in [5.41, 5.74) is 0.630. The van der Waals surface area contributed by atoms with Gasteiger partial charge in [-0.05, 0) is 12.1 Å². The van der Waals surface area contributed by atoms with Crippen LogP contribution in [0.5, 0.6) is 5.75 Å². The van der Waals surface area contributed by atoms with Gasteiger partial charge >= 0.3 is 0 Å². The first kappa shape index (κ1) is 24.5. The van der Waals surface area contributed by atoms with E-state index in [4.69, 9.17) is 9.47 Å². The number of alkyl halides is 2. The number of ether oxygens (including phenoxy) is 2. The van der Waals surface area contributed by atoms with E-state index < -0.39 is 22.3 Å². The first-order valence-corrected chi connectivity index (χ1v) is 13.1. The Kier molecular flexibility index (Phi) is 6.38. The second-order valence-electron chi connectivity index (χ2n) is 8.61.